The molecule has 0 atom stereocenters. The molecule has 0 aliphatic carbocycles. The number of amides is 1. The summed E-state index contributed by atoms with van der Waals surface area (Å²) in [6, 6.07) is 9.44. The molecule has 0 saturated heterocycles. The Morgan fingerprint density at radius 2 is 2.00 bits per heavy atom. The summed E-state index contributed by atoms with van der Waals surface area (Å²) in [7, 11) is -3.65. The van der Waals surface area contributed by atoms with Gasteiger partial charge in [-0.15, -0.1) is 0 Å². The molecule has 6 nitrogen and oxygen atoms in total. The Hall–Kier alpha value is -2.16. The Balaban J connectivity index is 1.96. The van der Waals surface area contributed by atoms with Crippen LogP contribution in [0.25, 0.3) is 0 Å². The van der Waals surface area contributed by atoms with Gasteiger partial charge in [-0.25, -0.2) is 17.5 Å². The third-order valence-electron chi connectivity index (χ3n) is 3.50. The van der Waals surface area contributed by atoms with Crippen LogP contribution in [0.5, 0.6) is 5.75 Å². The number of anilines is 1. The second-order valence-corrected chi connectivity index (χ2v) is 7.86. The molecule has 0 radical (unpaired) electrons. The van der Waals surface area contributed by atoms with Crippen molar-refractivity contribution in [3.63, 3.8) is 0 Å². The lowest BCUT2D eigenvalue weighted by Gasteiger charge is -2.11. The highest BCUT2D eigenvalue weighted by atomic mass is 35.5. The fourth-order valence-corrected chi connectivity index (χ4v) is 3.54. The largest absolute Gasteiger partial charge is 0.482 e. The molecule has 0 aliphatic rings. The van der Waals surface area contributed by atoms with Crippen molar-refractivity contribution >= 4 is 33.2 Å². The van der Waals surface area contributed by atoms with E-state index in [1.54, 1.807) is 6.07 Å². The van der Waals surface area contributed by atoms with Crippen LogP contribution in [-0.2, 0) is 14.8 Å². The molecule has 2 rings (SSSR count). The first kappa shape index (κ1) is 21.1. The molecule has 1 amide bonds. The third-order valence-corrected chi connectivity index (χ3v) is 5.26. The number of ether oxygens (including phenoxy) is 1. The lowest BCUT2D eigenvalue weighted by molar-refractivity contribution is -0.118. The minimum atomic E-state index is -3.65. The molecule has 0 fully saturated rings. The average Bonchev–Trinajstić information content (AvgIpc) is 2.60. The van der Waals surface area contributed by atoms with Crippen molar-refractivity contribution in [1.82, 2.24) is 4.72 Å². The number of benzene rings is 2. The SMILES string of the molecule is CCCCNS(=O)(=O)c1ccc(OCC(=O)Nc2cccc(F)c2)c(Cl)c1. The van der Waals surface area contributed by atoms with E-state index in [4.69, 9.17) is 16.3 Å². The Morgan fingerprint density at radius 3 is 2.67 bits per heavy atom. The number of carbonyl (C=O) groups is 1. The Labute approximate surface area is 162 Å². The van der Waals surface area contributed by atoms with Gasteiger partial charge in [0.15, 0.2) is 6.61 Å². The smallest absolute Gasteiger partial charge is 0.262 e. The van der Waals surface area contributed by atoms with Gasteiger partial charge in [0.2, 0.25) is 10.0 Å². The molecule has 2 aromatic rings. The van der Waals surface area contributed by atoms with Gasteiger partial charge in [0.1, 0.15) is 11.6 Å². The maximum absolute atomic E-state index is 13.1. The second-order valence-electron chi connectivity index (χ2n) is 5.69. The van der Waals surface area contributed by atoms with Crippen LogP contribution in [0.15, 0.2) is 47.4 Å². The highest BCUT2D eigenvalue weighted by Gasteiger charge is 2.16. The van der Waals surface area contributed by atoms with Crippen LogP contribution < -0.4 is 14.8 Å². The summed E-state index contributed by atoms with van der Waals surface area (Å²) in [6.07, 6.45) is 1.60. The van der Waals surface area contributed by atoms with Gasteiger partial charge < -0.3 is 10.1 Å². The second kappa shape index (κ2) is 9.68. The van der Waals surface area contributed by atoms with Crippen LogP contribution in [0.1, 0.15) is 19.8 Å². The molecule has 0 aliphatic heterocycles. The number of nitrogens with one attached hydrogen (secondary N) is 2. The summed E-state index contributed by atoms with van der Waals surface area (Å²) >= 11 is 6.06. The maximum atomic E-state index is 13.1. The monoisotopic (exact) mass is 414 g/mol. The minimum absolute atomic E-state index is 0.0140. The summed E-state index contributed by atoms with van der Waals surface area (Å²) < 4.78 is 45.2. The van der Waals surface area contributed by atoms with Gasteiger partial charge in [0.25, 0.3) is 5.91 Å². The summed E-state index contributed by atoms with van der Waals surface area (Å²) in [5.74, 6) is -0.811. The molecular formula is C18H20ClFN2O4S. The first-order chi connectivity index (χ1) is 12.8. The van der Waals surface area contributed by atoms with Crippen molar-refractivity contribution < 1.29 is 22.3 Å². The third kappa shape index (κ3) is 6.50. The van der Waals surface area contributed by atoms with Crippen LogP contribution in [0.3, 0.4) is 0 Å². The highest BCUT2D eigenvalue weighted by molar-refractivity contribution is 7.89. The zero-order valence-electron chi connectivity index (χ0n) is 14.7. The van der Waals surface area contributed by atoms with Crippen LogP contribution in [0.4, 0.5) is 10.1 Å². The van der Waals surface area contributed by atoms with E-state index in [2.05, 4.69) is 10.0 Å². The molecule has 0 unspecified atom stereocenters. The number of unbranched alkanes of at least 4 members (excludes halogenated alkanes) is 1. The molecule has 27 heavy (non-hydrogen) atoms. The Morgan fingerprint density at radius 1 is 1.22 bits per heavy atom. The molecule has 0 heterocycles. The fraction of sp³-hybridized carbons (Fsp3) is 0.278. The molecule has 0 saturated carbocycles. The minimum Gasteiger partial charge on any atom is -0.482 e. The zero-order chi connectivity index (χ0) is 19.9. The zero-order valence-corrected chi connectivity index (χ0v) is 16.2. The lowest BCUT2D eigenvalue weighted by Crippen LogP contribution is -2.24. The van der Waals surface area contributed by atoms with E-state index < -0.39 is 21.7 Å². The van der Waals surface area contributed by atoms with Crippen LogP contribution in [-0.4, -0.2) is 27.5 Å². The molecule has 0 spiro atoms. The standard InChI is InChI=1S/C18H20ClFN2O4S/c1-2-3-9-21-27(24,25)15-7-8-17(16(19)11-15)26-12-18(23)22-14-6-4-5-13(20)10-14/h4-8,10-11,21H,2-3,9,12H2,1H3,(H,22,23). The fourth-order valence-electron chi connectivity index (χ4n) is 2.14. The van der Waals surface area contributed by atoms with Gasteiger partial charge >= 0.3 is 0 Å². The molecule has 0 aromatic heterocycles. The number of carbonyl (C=O) groups excluding carboxylic acids is 1. The summed E-state index contributed by atoms with van der Waals surface area (Å²) in [4.78, 5) is 11.9. The summed E-state index contributed by atoms with van der Waals surface area (Å²) in [6.45, 7) is 1.94. The first-order valence-electron chi connectivity index (χ1n) is 8.29. The van der Waals surface area contributed by atoms with Crippen molar-refractivity contribution in [1.29, 1.82) is 0 Å². The number of hydrogen-bond acceptors (Lipinski definition) is 4. The molecular weight excluding hydrogens is 395 g/mol. The summed E-state index contributed by atoms with van der Waals surface area (Å²) in [5.41, 5.74) is 0.300. The van der Waals surface area contributed by atoms with E-state index >= 15 is 0 Å². The van der Waals surface area contributed by atoms with Crippen LogP contribution in [0.2, 0.25) is 5.02 Å². The molecule has 2 aromatic carbocycles. The van der Waals surface area contributed by atoms with Crippen LogP contribution in [0, 0.1) is 5.82 Å². The van der Waals surface area contributed by atoms with Gasteiger partial charge in [0.05, 0.1) is 9.92 Å². The van der Waals surface area contributed by atoms with Crippen molar-refractivity contribution in [3.05, 3.63) is 53.3 Å². The van der Waals surface area contributed by atoms with Gasteiger partial charge in [-0.1, -0.05) is 31.0 Å². The topological polar surface area (TPSA) is 84.5 Å². The van der Waals surface area contributed by atoms with E-state index in [0.717, 1.165) is 12.8 Å². The van der Waals surface area contributed by atoms with E-state index in [0.29, 0.717) is 12.2 Å². The molecule has 146 valence electrons. The van der Waals surface area contributed by atoms with E-state index in [1.807, 2.05) is 6.92 Å². The Bertz CT molecular complexity index is 906. The quantitative estimate of drug-likeness (QED) is 0.614. The van der Waals surface area contributed by atoms with E-state index in [-0.39, 0.29) is 22.3 Å². The summed E-state index contributed by atoms with van der Waals surface area (Å²) in [5, 5.41) is 2.55. The normalized spacial score (nSPS) is 11.2. The van der Waals surface area contributed by atoms with Crippen molar-refractivity contribution in [3.8, 4) is 5.75 Å². The predicted molar refractivity (Wildman–Crippen MR) is 102 cm³/mol. The number of halogens is 2. The maximum Gasteiger partial charge on any atom is 0.262 e. The average molecular weight is 415 g/mol. The lowest BCUT2D eigenvalue weighted by atomic mass is 10.3. The first-order valence-corrected chi connectivity index (χ1v) is 10.2. The van der Waals surface area contributed by atoms with E-state index in [1.165, 1.54) is 36.4 Å². The van der Waals surface area contributed by atoms with Gasteiger partial charge in [-0.2, -0.15) is 0 Å². The predicted octanol–water partition coefficient (Wildman–Crippen LogP) is 3.58. The van der Waals surface area contributed by atoms with Crippen molar-refractivity contribution in [2.45, 2.75) is 24.7 Å². The van der Waals surface area contributed by atoms with Gasteiger partial charge in [0, 0.05) is 12.2 Å². The number of sulfonamides is 1. The van der Waals surface area contributed by atoms with Crippen molar-refractivity contribution in [2.75, 3.05) is 18.5 Å². The number of hydrogen-bond donors (Lipinski definition) is 2. The number of rotatable bonds is 9. The van der Waals surface area contributed by atoms with E-state index in [9.17, 15) is 17.6 Å². The Kier molecular flexibility index (Phi) is 7.58. The van der Waals surface area contributed by atoms with Gasteiger partial charge in [-0.3, -0.25) is 4.79 Å². The molecule has 2 N–H and O–H groups in total. The van der Waals surface area contributed by atoms with Crippen molar-refractivity contribution in [2.24, 2.45) is 0 Å². The van der Waals surface area contributed by atoms with Gasteiger partial charge in [-0.05, 0) is 42.8 Å². The highest BCUT2D eigenvalue weighted by Crippen LogP contribution is 2.27. The molecule has 9 heteroatoms. The molecule has 0 bridgehead atoms. The van der Waals surface area contributed by atoms with Crippen LogP contribution >= 0.6 is 11.6 Å².